The Hall–Kier alpha value is -4.14. The van der Waals surface area contributed by atoms with Crippen LogP contribution in [0.3, 0.4) is 0 Å². The SMILES string of the molecule is Cc1cc(C(=O)Nc2cccc(OCc3cc(F)ccc3F)c2)c(C)n1-c1ccccc1C(F)(F)F. The first-order chi connectivity index (χ1) is 17.0. The lowest BCUT2D eigenvalue weighted by Gasteiger charge is -2.17. The van der Waals surface area contributed by atoms with Crippen LogP contribution in [0.1, 0.15) is 32.9 Å². The van der Waals surface area contributed by atoms with Gasteiger partial charge in [-0.15, -0.1) is 0 Å². The molecule has 0 aliphatic heterocycles. The number of aryl methyl sites for hydroxylation is 1. The first-order valence-electron chi connectivity index (χ1n) is 10.9. The smallest absolute Gasteiger partial charge is 0.418 e. The summed E-state index contributed by atoms with van der Waals surface area (Å²) in [5.74, 6) is -1.41. The number of aromatic nitrogens is 1. The average Bonchev–Trinajstić information content (AvgIpc) is 3.13. The van der Waals surface area contributed by atoms with Gasteiger partial charge in [0.1, 0.15) is 24.0 Å². The van der Waals surface area contributed by atoms with Gasteiger partial charge in [0.2, 0.25) is 0 Å². The number of para-hydroxylation sites is 1. The van der Waals surface area contributed by atoms with Gasteiger partial charge in [-0.05, 0) is 62.4 Å². The summed E-state index contributed by atoms with van der Waals surface area (Å²) in [6, 6.07) is 16.0. The van der Waals surface area contributed by atoms with Gasteiger partial charge in [0.15, 0.2) is 0 Å². The Balaban J connectivity index is 1.55. The van der Waals surface area contributed by atoms with E-state index in [0.717, 1.165) is 24.3 Å². The fraction of sp³-hybridized carbons (Fsp3) is 0.148. The minimum absolute atomic E-state index is 0.0380. The Kier molecular flexibility index (Phi) is 6.83. The van der Waals surface area contributed by atoms with Crippen LogP contribution in [0.5, 0.6) is 5.75 Å². The van der Waals surface area contributed by atoms with Gasteiger partial charge < -0.3 is 14.6 Å². The van der Waals surface area contributed by atoms with E-state index in [4.69, 9.17) is 4.74 Å². The summed E-state index contributed by atoms with van der Waals surface area (Å²) < 4.78 is 74.8. The quantitative estimate of drug-likeness (QED) is 0.284. The highest BCUT2D eigenvalue weighted by molar-refractivity contribution is 6.05. The first-order valence-corrected chi connectivity index (χ1v) is 10.9. The largest absolute Gasteiger partial charge is 0.489 e. The van der Waals surface area contributed by atoms with E-state index in [0.29, 0.717) is 22.8 Å². The molecule has 0 unspecified atom stereocenters. The molecular formula is C27H21F5N2O2. The molecule has 1 heterocycles. The Morgan fingerprint density at radius 2 is 1.69 bits per heavy atom. The van der Waals surface area contributed by atoms with Gasteiger partial charge in [0, 0.05) is 28.7 Å². The maximum absolute atomic E-state index is 13.8. The van der Waals surface area contributed by atoms with Gasteiger partial charge in [0.05, 0.1) is 16.8 Å². The molecule has 1 amide bonds. The summed E-state index contributed by atoms with van der Waals surface area (Å²) in [7, 11) is 0. The zero-order valence-electron chi connectivity index (χ0n) is 19.3. The molecule has 0 radical (unpaired) electrons. The Labute approximate surface area is 203 Å². The molecular weight excluding hydrogens is 479 g/mol. The molecule has 0 aliphatic rings. The maximum atomic E-state index is 13.8. The van der Waals surface area contributed by atoms with Crippen molar-refractivity contribution in [1.29, 1.82) is 0 Å². The second-order valence-electron chi connectivity index (χ2n) is 8.14. The second kappa shape index (κ2) is 9.85. The molecule has 0 aliphatic carbocycles. The number of halogens is 5. The molecule has 4 aromatic rings. The standard InChI is InChI=1S/C27H21F5N2O2/c1-16-12-22(17(2)34(16)25-9-4-3-8-23(25)27(30,31)32)26(35)33-20-6-5-7-21(14-20)36-15-18-13-19(28)10-11-24(18)29/h3-14H,15H2,1-2H3,(H,33,35). The van der Waals surface area contributed by atoms with Gasteiger partial charge in [-0.2, -0.15) is 13.2 Å². The van der Waals surface area contributed by atoms with E-state index in [9.17, 15) is 26.7 Å². The molecule has 4 nitrogen and oxygen atoms in total. The van der Waals surface area contributed by atoms with Crippen LogP contribution < -0.4 is 10.1 Å². The van der Waals surface area contributed by atoms with Gasteiger partial charge in [-0.25, -0.2) is 8.78 Å². The number of benzene rings is 3. The van der Waals surface area contributed by atoms with Crippen LogP contribution in [-0.2, 0) is 12.8 Å². The van der Waals surface area contributed by atoms with E-state index < -0.39 is 29.3 Å². The monoisotopic (exact) mass is 500 g/mol. The molecule has 186 valence electrons. The third-order valence-electron chi connectivity index (χ3n) is 5.62. The lowest BCUT2D eigenvalue weighted by atomic mass is 10.1. The van der Waals surface area contributed by atoms with E-state index in [1.807, 2.05) is 0 Å². The minimum atomic E-state index is -4.56. The highest BCUT2D eigenvalue weighted by Crippen LogP contribution is 2.35. The molecule has 4 rings (SSSR count). The average molecular weight is 500 g/mol. The predicted octanol–water partition coefficient (Wildman–Crippen LogP) is 7.22. The van der Waals surface area contributed by atoms with E-state index in [2.05, 4.69) is 5.32 Å². The summed E-state index contributed by atoms with van der Waals surface area (Å²) in [5, 5.41) is 2.71. The molecule has 36 heavy (non-hydrogen) atoms. The Morgan fingerprint density at radius 1 is 0.944 bits per heavy atom. The number of nitrogens with one attached hydrogen (secondary N) is 1. The van der Waals surface area contributed by atoms with Crippen LogP contribution in [0.15, 0.2) is 72.8 Å². The van der Waals surface area contributed by atoms with Crippen molar-refractivity contribution >= 4 is 11.6 Å². The lowest BCUT2D eigenvalue weighted by molar-refractivity contribution is -0.137. The van der Waals surface area contributed by atoms with Gasteiger partial charge in [-0.1, -0.05) is 18.2 Å². The van der Waals surface area contributed by atoms with Crippen LogP contribution in [0.4, 0.5) is 27.6 Å². The molecule has 0 bridgehead atoms. The summed E-state index contributed by atoms with van der Waals surface area (Å²) in [6.07, 6.45) is -4.56. The minimum Gasteiger partial charge on any atom is -0.489 e. The van der Waals surface area contributed by atoms with Crippen molar-refractivity contribution < 1.29 is 31.5 Å². The highest BCUT2D eigenvalue weighted by atomic mass is 19.4. The number of hydrogen-bond acceptors (Lipinski definition) is 2. The second-order valence-corrected chi connectivity index (χ2v) is 8.14. The van der Waals surface area contributed by atoms with Gasteiger partial charge in [0.25, 0.3) is 5.91 Å². The van der Waals surface area contributed by atoms with Crippen LogP contribution >= 0.6 is 0 Å². The van der Waals surface area contributed by atoms with Gasteiger partial charge >= 0.3 is 6.18 Å². The van der Waals surface area contributed by atoms with Crippen LogP contribution in [0.2, 0.25) is 0 Å². The Morgan fingerprint density at radius 3 is 2.44 bits per heavy atom. The molecule has 0 saturated carbocycles. The number of carbonyl (C=O) groups excluding carboxylic acids is 1. The third-order valence-corrected chi connectivity index (χ3v) is 5.62. The summed E-state index contributed by atoms with van der Waals surface area (Å²) in [4.78, 5) is 13.0. The molecule has 0 spiro atoms. The van der Waals surface area contributed by atoms with E-state index >= 15 is 0 Å². The number of anilines is 1. The fourth-order valence-corrected chi connectivity index (χ4v) is 3.95. The predicted molar refractivity (Wildman–Crippen MR) is 125 cm³/mol. The molecule has 0 fully saturated rings. The van der Waals surface area contributed by atoms with Crippen molar-refractivity contribution in [2.75, 3.05) is 5.32 Å². The number of rotatable bonds is 6. The Bertz CT molecular complexity index is 1430. The third kappa shape index (κ3) is 5.25. The zero-order valence-corrected chi connectivity index (χ0v) is 19.3. The zero-order chi connectivity index (χ0) is 26.0. The fourth-order valence-electron chi connectivity index (χ4n) is 3.95. The summed E-state index contributed by atoms with van der Waals surface area (Å²) >= 11 is 0. The first kappa shape index (κ1) is 25.0. The van der Waals surface area contributed by atoms with E-state index in [1.54, 1.807) is 32.0 Å². The number of ether oxygens (including phenoxy) is 1. The molecule has 3 aromatic carbocycles. The van der Waals surface area contributed by atoms with E-state index in [-0.39, 0.29) is 23.4 Å². The number of nitrogens with zero attached hydrogens (tertiary/aromatic N) is 1. The number of hydrogen-bond donors (Lipinski definition) is 1. The number of alkyl halides is 3. The maximum Gasteiger partial charge on any atom is 0.418 e. The van der Waals surface area contributed by atoms with Crippen molar-refractivity contribution in [2.24, 2.45) is 0 Å². The van der Waals surface area contributed by atoms with Crippen molar-refractivity contribution in [1.82, 2.24) is 4.57 Å². The van der Waals surface area contributed by atoms with E-state index in [1.165, 1.54) is 34.9 Å². The number of carbonyl (C=O) groups is 1. The lowest BCUT2D eigenvalue weighted by Crippen LogP contribution is -2.15. The molecule has 0 atom stereocenters. The van der Waals surface area contributed by atoms with Crippen LogP contribution in [0.25, 0.3) is 5.69 Å². The van der Waals surface area contributed by atoms with Crippen LogP contribution in [0, 0.1) is 25.5 Å². The summed E-state index contributed by atoms with van der Waals surface area (Å²) in [6.45, 7) is 2.97. The van der Waals surface area contributed by atoms with Gasteiger partial charge in [-0.3, -0.25) is 4.79 Å². The normalized spacial score (nSPS) is 11.4. The van der Waals surface area contributed by atoms with Crippen LogP contribution in [-0.4, -0.2) is 10.5 Å². The molecule has 1 N–H and O–H groups in total. The van der Waals surface area contributed by atoms with Crippen molar-refractivity contribution in [3.05, 3.63) is 113 Å². The molecule has 0 saturated heterocycles. The molecule has 1 aromatic heterocycles. The summed E-state index contributed by atoms with van der Waals surface area (Å²) in [5.41, 5.74) is 0.531. The van der Waals surface area contributed by atoms with Crippen molar-refractivity contribution in [3.8, 4) is 11.4 Å². The van der Waals surface area contributed by atoms with Crippen molar-refractivity contribution in [3.63, 3.8) is 0 Å². The molecule has 9 heteroatoms. The number of amides is 1. The topological polar surface area (TPSA) is 43.3 Å². The highest BCUT2D eigenvalue weighted by Gasteiger charge is 2.34. The van der Waals surface area contributed by atoms with Crippen molar-refractivity contribution in [2.45, 2.75) is 26.6 Å².